The fraction of sp³-hybridized carbons (Fsp3) is 0.273. The lowest BCUT2D eigenvalue weighted by Gasteiger charge is -2.02. The molecule has 1 aromatic carbocycles. The maximum Gasteiger partial charge on any atom is 0.315 e. The summed E-state index contributed by atoms with van der Waals surface area (Å²) in [5.41, 5.74) is 5.98. The summed E-state index contributed by atoms with van der Waals surface area (Å²) in [6, 6.07) is 6.96. The van der Waals surface area contributed by atoms with Crippen molar-refractivity contribution in [3.8, 4) is 0 Å². The minimum absolute atomic E-state index is 0.206. The first kappa shape index (κ1) is 11.5. The van der Waals surface area contributed by atoms with E-state index in [0.29, 0.717) is 30.4 Å². The predicted octanol–water partition coefficient (Wildman–Crippen LogP) is 1.32. The van der Waals surface area contributed by atoms with Gasteiger partial charge in [-0.15, -0.1) is 5.10 Å². The SMILES string of the molecule is NCc1nnc(NCCc2ccccc2F)o1. The molecule has 0 radical (unpaired) electrons. The molecule has 0 aliphatic carbocycles. The Kier molecular flexibility index (Phi) is 3.66. The summed E-state index contributed by atoms with van der Waals surface area (Å²) >= 11 is 0. The molecular weight excluding hydrogens is 223 g/mol. The van der Waals surface area contributed by atoms with E-state index in [1.807, 2.05) is 0 Å². The number of nitrogens with zero attached hydrogens (tertiary/aromatic N) is 2. The molecule has 0 atom stereocenters. The third-order valence-electron chi connectivity index (χ3n) is 2.27. The fourth-order valence-electron chi connectivity index (χ4n) is 1.41. The molecule has 0 spiro atoms. The molecule has 0 saturated heterocycles. The number of benzene rings is 1. The van der Waals surface area contributed by atoms with Gasteiger partial charge < -0.3 is 15.5 Å². The molecule has 0 amide bonds. The minimum Gasteiger partial charge on any atom is -0.407 e. The van der Waals surface area contributed by atoms with E-state index in [2.05, 4.69) is 15.5 Å². The van der Waals surface area contributed by atoms with Crippen LogP contribution >= 0.6 is 0 Å². The van der Waals surface area contributed by atoms with Crippen LogP contribution in [0.15, 0.2) is 28.7 Å². The average Bonchev–Trinajstić information content (AvgIpc) is 2.80. The lowest BCUT2D eigenvalue weighted by atomic mass is 10.1. The van der Waals surface area contributed by atoms with Crippen molar-refractivity contribution in [2.45, 2.75) is 13.0 Å². The molecule has 1 aromatic heterocycles. The highest BCUT2D eigenvalue weighted by atomic mass is 19.1. The highest BCUT2D eigenvalue weighted by Gasteiger charge is 2.04. The molecule has 0 aliphatic heterocycles. The zero-order valence-electron chi connectivity index (χ0n) is 9.19. The summed E-state index contributed by atoms with van der Waals surface area (Å²) in [5.74, 6) is 0.167. The second-order valence-electron chi connectivity index (χ2n) is 3.47. The number of hydrogen-bond donors (Lipinski definition) is 2. The molecule has 0 unspecified atom stereocenters. The van der Waals surface area contributed by atoms with Gasteiger partial charge in [-0.25, -0.2) is 4.39 Å². The van der Waals surface area contributed by atoms with Crippen LogP contribution in [0.3, 0.4) is 0 Å². The summed E-state index contributed by atoms with van der Waals surface area (Å²) < 4.78 is 18.4. The van der Waals surface area contributed by atoms with E-state index in [0.717, 1.165) is 0 Å². The maximum atomic E-state index is 13.3. The van der Waals surface area contributed by atoms with E-state index >= 15 is 0 Å². The Morgan fingerprint density at radius 3 is 2.82 bits per heavy atom. The van der Waals surface area contributed by atoms with Gasteiger partial charge in [0.15, 0.2) is 0 Å². The van der Waals surface area contributed by atoms with Gasteiger partial charge in [0.25, 0.3) is 0 Å². The van der Waals surface area contributed by atoms with Gasteiger partial charge in [-0.2, -0.15) is 0 Å². The molecule has 5 nitrogen and oxygen atoms in total. The molecule has 3 N–H and O–H groups in total. The lowest BCUT2D eigenvalue weighted by Crippen LogP contribution is -2.06. The smallest absolute Gasteiger partial charge is 0.315 e. The zero-order chi connectivity index (χ0) is 12.1. The van der Waals surface area contributed by atoms with Crippen molar-refractivity contribution in [2.24, 2.45) is 5.73 Å². The summed E-state index contributed by atoms with van der Waals surface area (Å²) in [6.45, 7) is 0.731. The van der Waals surface area contributed by atoms with Gasteiger partial charge in [-0.05, 0) is 18.1 Å². The number of aromatic nitrogens is 2. The van der Waals surface area contributed by atoms with Crippen molar-refractivity contribution in [3.05, 3.63) is 41.5 Å². The zero-order valence-corrected chi connectivity index (χ0v) is 9.19. The van der Waals surface area contributed by atoms with Crippen molar-refractivity contribution < 1.29 is 8.81 Å². The van der Waals surface area contributed by atoms with E-state index < -0.39 is 0 Å². The summed E-state index contributed by atoms with van der Waals surface area (Å²) in [7, 11) is 0. The highest BCUT2D eigenvalue weighted by Crippen LogP contribution is 2.08. The van der Waals surface area contributed by atoms with Crippen LogP contribution in [0, 0.1) is 5.82 Å². The Hall–Kier alpha value is -1.95. The Bertz CT molecular complexity index is 486. The Balaban J connectivity index is 1.85. The summed E-state index contributed by atoms with van der Waals surface area (Å²) in [4.78, 5) is 0. The van der Waals surface area contributed by atoms with E-state index in [1.54, 1.807) is 18.2 Å². The van der Waals surface area contributed by atoms with Crippen LogP contribution in [0.25, 0.3) is 0 Å². The van der Waals surface area contributed by atoms with Gasteiger partial charge in [0.05, 0.1) is 6.54 Å². The third-order valence-corrected chi connectivity index (χ3v) is 2.27. The lowest BCUT2D eigenvalue weighted by molar-refractivity contribution is 0.507. The molecule has 2 rings (SSSR count). The second-order valence-corrected chi connectivity index (χ2v) is 3.47. The number of anilines is 1. The van der Waals surface area contributed by atoms with Crippen LogP contribution < -0.4 is 11.1 Å². The predicted molar refractivity (Wildman–Crippen MR) is 60.8 cm³/mol. The van der Waals surface area contributed by atoms with Crippen LogP contribution in [0.5, 0.6) is 0 Å². The number of nitrogens with two attached hydrogens (primary N) is 1. The Morgan fingerprint density at radius 2 is 2.12 bits per heavy atom. The monoisotopic (exact) mass is 236 g/mol. The molecule has 17 heavy (non-hydrogen) atoms. The molecule has 0 bridgehead atoms. The molecule has 90 valence electrons. The third kappa shape index (κ3) is 3.01. The maximum absolute atomic E-state index is 13.3. The van der Waals surface area contributed by atoms with Crippen molar-refractivity contribution in [3.63, 3.8) is 0 Å². The van der Waals surface area contributed by atoms with E-state index in [9.17, 15) is 4.39 Å². The van der Waals surface area contributed by atoms with Crippen molar-refractivity contribution >= 4 is 6.01 Å². The standard InChI is InChI=1S/C11H13FN4O/c12-9-4-2-1-3-8(9)5-6-14-11-16-15-10(7-13)17-11/h1-4H,5-7,13H2,(H,14,16). The van der Waals surface area contributed by atoms with Crippen LogP contribution in [0.1, 0.15) is 11.5 Å². The van der Waals surface area contributed by atoms with Gasteiger partial charge in [-0.3, -0.25) is 0 Å². The average molecular weight is 236 g/mol. The van der Waals surface area contributed by atoms with E-state index in [-0.39, 0.29) is 12.4 Å². The van der Waals surface area contributed by atoms with Gasteiger partial charge >= 0.3 is 6.01 Å². The number of hydrogen-bond acceptors (Lipinski definition) is 5. The fourth-order valence-corrected chi connectivity index (χ4v) is 1.41. The summed E-state index contributed by atoms with van der Waals surface area (Å²) in [5, 5.41) is 10.4. The molecule has 0 saturated carbocycles. The first-order valence-corrected chi connectivity index (χ1v) is 5.29. The largest absolute Gasteiger partial charge is 0.407 e. The Labute approximate surface area is 97.8 Å². The number of nitrogens with one attached hydrogen (secondary N) is 1. The number of rotatable bonds is 5. The molecule has 1 heterocycles. The highest BCUT2D eigenvalue weighted by molar-refractivity contribution is 5.21. The quantitative estimate of drug-likeness (QED) is 0.818. The van der Waals surface area contributed by atoms with E-state index in [4.69, 9.17) is 10.2 Å². The molecular formula is C11H13FN4O. The van der Waals surface area contributed by atoms with Gasteiger partial charge in [-0.1, -0.05) is 23.3 Å². The first-order chi connectivity index (χ1) is 8.29. The van der Waals surface area contributed by atoms with Gasteiger partial charge in [0, 0.05) is 6.54 Å². The Morgan fingerprint density at radius 1 is 1.29 bits per heavy atom. The van der Waals surface area contributed by atoms with Crippen molar-refractivity contribution in [1.29, 1.82) is 0 Å². The summed E-state index contributed by atoms with van der Waals surface area (Å²) in [6.07, 6.45) is 0.549. The van der Waals surface area contributed by atoms with Crippen molar-refractivity contribution in [2.75, 3.05) is 11.9 Å². The number of halogens is 1. The van der Waals surface area contributed by atoms with Crippen molar-refractivity contribution in [1.82, 2.24) is 10.2 Å². The topological polar surface area (TPSA) is 77.0 Å². The van der Waals surface area contributed by atoms with E-state index in [1.165, 1.54) is 6.07 Å². The molecule has 0 fully saturated rings. The molecule has 6 heteroatoms. The van der Waals surface area contributed by atoms with Crippen LogP contribution in [-0.4, -0.2) is 16.7 Å². The first-order valence-electron chi connectivity index (χ1n) is 5.29. The van der Waals surface area contributed by atoms with Crippen LogP contribution in [0.4, 0.5) is 10.4 Å². The molecule has 2 aromatic rings. The minimum atomic E-state index is -0.206. The van der Waals surface area contributed by atoms with Crippen LogP contribution in [0.2, 0.25) is 0 Å². The van der Waals surface area contributed by atoms with Crippen LogP contribution in [-0.2, 0) is 13.0 Å². The van der Waals surface area contributed by atoms with Gasteiger partial charge in [0.1, 0.15) is 5.82 Å². The molecule has 0 aliphatic rings. The normalized spacial score (nSPS) is 10.5. The second kappa shape index (κ2) is 5.40. The van der Waals surface area contributed by atoms with Gasteiger partial charge in [0.2, 0.25) is 5.89 Å².